The summed E-state index contributed by atoms with van der Waals surface area (Å²) in [6.45, 7) is 7.09. The van der Waals surface area contributed by atoms with Crippen molar-refractivity contribution in [1.29, 1.82) is 0 Å². The number of halogens is 4. The summed E-state index contributed by atoms with van der Waals surface area (Å²) in [6.07, 6.45) is -3.55. The second-order valence-corrected chi connectivity index (χ2v) is 12.3. The van der Waals surface area contributed by atoms with Crippen molar-refractivity contribution in [3.8, 4) is 22.8 Å². The van der Waals surface area contributed by atoms with E-state index in [0.29, 0.717) is 39.9 Å². The Kier molecular flexibility index (Phi) is 7.50. The van der Waals surface area contributed by atoms with Crippen molar-refractivity contribution in [3.05, 3.63) is 65.7 Å². The first kappa shape index (κ1) is 30.4. The second kappa shape index (κ2) is 11.1. The molecule has 1 aliphatic heterocycles. The Hall–Kier alpha value is -4.59. The Labute approximate surface area is 256 Å². The number of nitrogens with one attached hydrogen (secondary N) is 1. The number of benzene rings is 1. The molecule has 1 aromatic carbocycles. The maximum atomic E-state index is 15.1. The average Bonchev–Trinajstić information content (AvgIpc) is 3.64. The Morgan fingerprint density at radius 1 is 1.09 bits per heavy atom. The van der Waals surface area contributed by atoms with Crippen molar-refractivity contribution >= 4 is 22.6 Å². The molecule has 1 saturated heterocycles. The minimum absolute atomic E-state index is 0.00218. The number of nitrogens with zero attached hydrogens (tertiary/aromatic N) is 7. The molecule has 0 bridgehead atoms. The van der Waals surface area contributed by atoms with Crippen LogP contribution in [0.5, 0.6) is 0 Å². The predicted octanol–water partition coefficient (Wildman–Crippen LogP) is 5.99. The van der Waals surface area contributed by atoms with Crippen LogP contribution >= 0.6 is 0 Å². The third kappa shape index (κ3) is 6.19. The van der Waals surface area contributed by atoms with E-state index in [-0.39, 0.29) is 24.5 Å². The van der Waals surface area contributed by atoms with Crippen LogP contribution in [0, 0.1) is 12.7 Å². The van der Waals surface area contributed by atoms with Gasteiger partial charge < -0.3 is 10.1 Å². The zero-order chi connectivity index (χ0) is 32.3. The molecule has 236 valence electrons. The summed E-state index contributed by atoms with van der Waals surface area (Å²) in [6, 6.07) is 8.54. The molecule has 5 heterocycles. The number of rotatable bonds is 5. The predicted molar refractivity (Wildman–Crippen MR) is 159 cm³/mol. The summed E-state index contributed by atoms with van der Waals surface area (Å²) in [4.78, 5) is 18.2. The number of aromatic nitrogens is 6. The first-order chi connectivity index (χ1) is 21.2. The van der Waals surface area contributed by atoms with Gasteiger partial charge in [-0.05, 0) is 70.0 Å². The van der Waals surface area contributed by atoms with E-state index >= 15 is 4.39 Å². The van der Waals surface area contributed by atoms with Crippen LogP contribution in [0.3, 0.4) is 0 Å². The van der Waals surface area contributed by atoms with Gasteiger partial charge in [-0.2, -0.15) is 18.3 Å². The molecule has 4 aromatic heterocycles. The maximum absolute atomic E-state index is 15.1. The molecule has 1 N–H and O–H groups in total. The van der Waals surface area contributed by atoms with Crippen LogP contribution in [-0.2, 0) is 11.8 Å². The molecule has 10 nitrogen and oxygen atoms in total. The summed E-state index contributed by atoms with van der Waals surface area (Å²) in [5.41, 5.74) is 2.09. The van der Waals surface area contributed by atoms with E-state index < -0.39 is 35.8 Å². The van der Waals surface area contributed by atoms with Crippen LogP contribution in [0.25, 0.3) is 39.3 Å². The molecule has 0 saturated carbocycles. The zero-order valence-electron chi connectivity index (χ0n) is 25.4. The van der Waals surface area contributed by atoms with Crippen molar-refractivity contribution in [3.63, 3.8) is 0 Å². The number of alkyl carbamates (subject to hydrolysis) is 1. The Balaban J connectivity index is 1.33. The van der Waals surface area contributed by atoms with Gasteiger partial charge in [-0.1, -0.05) is 12.1 Å². The third-order valence-electron chi connectivity index (χ3n) is 7.64. The molecule has 0 radical (unpaired) electrons. The minimum atomic E-state index is -4.60. The van der Waals surface area contributed by atoms with Crippen LogP contribution < -0.4 is 5.32 Å². The van der Waals surface area contributed by atoms with Crippen molar-refractivity contribution in [2.45, 2.75) is 58.0 Å². The fourth-order valence-electron chi connectivity index (χ4n) is 5.79. The lowest BCUT2D eigenvalue weighted by molar-refractivity contribution is -0.184. The number of amides is 1. The van der Waals surface area contributed by atoms with E-state index in [1.165, 1.54) is 33.7 Å². The number of aryl methyl sites for hydroxylation is 2. The van der Waals surface area contributed by atoms with E-state index in [0.717, 1.165) is 5.69 Å². The first-order valence-electron chi connectivity index (χ1n) is 14.4. The van der Waals surface area contributed by atoms with Crippen LogP contribution in [0.4, 0.5) is 22.4 Å². The highest BCUT2D eigenvalue weighted by molar-refractivity contribution is 5.86. The highest BCUT2D eigenvalue weighted by Crippen LogP contribution is 2.40. The number of hydrogen-bond acceptors (Lipinski definition) is 7. The van der Waals surface area contributed by atoms with Gasteiger partial charge in [0.05, 0.1) is 16.9 Å². The van der Waals surface area contributed by atoms with Gasteiger partial charge in [-0.3, -0.25) is 14.0 Å². The number of carbonyl (C=O) groups excluding carboxylic acids is 1. The third-order valence-corrected chi connectivity index (χ3v) is 7.64. The van der Waals surface area contributed by atoms with Gasteiger partial charge in [0.2, 0.25) is 0 Å². The number of alkyl halides is 3. The van der Waals surface area contributed by atoms with Crippen LogP contribution in [0.1, 0.15) is 44.5 Å². The molecule has 0 aliphatic carbocycles. The lowest BCUT2D eigenvalue weighted by atomic mass is 10.1. The monoisotopic (exact) mass is 624 g/mol. The fourth-order valence-corrected chi connectivity index (χ4v) is 5.79. The van der Waals surface area contributed by atoms with Crippen LogP contribution in [0.15, 0.2) is 48.7 Å². The number of ether oxygens (including phenoxy) is 1. The quantitative estimate of drug-likeness (QED) is 0.240. The van der Waals surface area contributed by atoms with E-state index in [9.17, 15) is 18.0 Å². The minimum Gasteiger partial charge on any atom is -0.444 e. The van der Waals surface area contributed by atoms with Gasteiger partial charge in [0.15, 0.2) is 11.5 Å². The molecular formula is C31H32F4N8O2. The van der Waals surface area contributed by atoms with Gasteiger partial charge >= 0.3 is 12.3 Å². The summed E-state index contributed by atoms with van der Waals surface area (Å²) in [5.74, 6) is -0.191. The summed E-state index contributed by atoms with van der Waals surface area (Å²) < 4.78 is 67.2. The van der Waals surface area contributed by atoms with E-state index in [4.69, 9.17) is 9.72 Å². The number of likely N-dealkylation sites (tertiary alicyclic amines) is 1. The van der Waals surface area contributed by atoms with Gasteiger partial charge in [0.25, 0.3) is 0 Å². The lowest BCUT2D eigenvalue weighted by Crippen LogP contribution is -2.42. The smallest absolute Gasteiger partial charge is 0.408 e. The molecule has 2 atom stereocenters. The van der Waals surface area contributed by atoms with Gasteiger partial charge in [0.1, 0.15) is 23.2 Å². The standard InChI is InChI=1S/C31H32F4N8O2/c1-17-12-25(41(5)40-17)21-14-24-18(13-22(21)32)6-8-23(37-24)28-39-38-26-9-7-19(15-43(26)28)27(31(33,34)35)42-11-10-20(16-42)36-29(44)45-30(2,3)4/h6-9,12-15,20,27H,10-11,16H2,1-5H3,(H,36,44)/t20-,27+/m0/s1. The van der Waals surface area contributed by atoms with Crippen LogP contribution in [-0.4, -0.2) is 71.3 Å². The van der Waals surface area contributed by atoms with Crippen molar-refractivity contribution in [2.75, 3.05) is 13.1 Å². The Morgan fingerprint density at radius 3 is 2.56 bits per heavy atom. The molecule has 0 unspecified atom stereocenters. The van der Waals surface area contributed by atoms with E-state index in [1.54, 1.807) is 56.8 Å². The van der Waals surface area contributed by atoms with Gasteiger partial charge in [0, 0.05) is 43.3 Å². The SMILES string of the molecule is Cc1cc(-c2cc3nc(-c4nnc5ccc([C@@H](N6CC[C@H](NC(=O)OC(C)(C)C)C6)C(F)(F)F)cn45)ccc3cc2F)n(C)n1. The molecule has 1 amide bonds. The molecule has 0 spiro atoms. The Morgan fingerprint density at radius 2 is 1.87 bits per heavy atom. The summed E-state index contributed by atoms with van der Waals surface area (Å²) in [5, 5.41) is 15.9. The lowest BCUT2D eigenvalue weighted by Gasteiger charge is -2.30. The topological polar surface area (TPSA) is 102 Å². The van der Waals surface area contributed by atoms with Crippen molar-refractivity contribution in [1.82, 2.24) is 39.6 Å². The number of carbonyl (C=O) groups is 1. The summed E-state index contributed by atoms with van der Waals surface area (Å²) >= 11 is 0. The normalized spacial score (nSPS) is 16.9. The first-order valence-corrected chi connectivity index (χ1v) is 14.4. The Bertz CT molecular complexity index is 1910. The molecule has 1 fully saturated rings. The number of hydrogen-bond donors (Lipinski definition) is 1. The van der Waals surface area contributed by atoms with Crippen LogP contribution in [0.2, 0.25) is 0 Å². The molecule has 14 heteroatoms. The number of pyridine rings is 2. The van der Waals surface area contributed by atoms with Gasteiger partial charge in [-0.25, -0.2) is 14.2 Å². The average molecular weight is 625 g/mol. The molecule has 5 aromatic rings. The van der Waals surface area contributed by atoms with Crippen molar-refractivity contribution < 1.29 is 27.1 Å². The van der Waals surface area contributed by atoms with E-state index in [1.807, 2.05) is 6.92 Å². The second-order valence-electron chi connectivity index (χ2n) is 12.3. The summed E-state index contributed by atoms with van der Waals surface area (Å²) in [7, 11) is 1.73. The maximum Gasteiger partial charge on any atom is 0.408 e. The molecule has 45 heavy (non-hydrogen) atoms. The largest absolute Gasteiger partial charge is 0.444 e. The highest BCUT2D eigenvalue weighted by Gasteiger charge is 2.47. The van der Waals surface area contributed by atoms with E-state index in [2.05, 4.69) is 20.6 Å². The number of fused-ring (bicyclic) bond motifs is 2. The zero-order valence-corrected chi connectivity index (χ0v) is 25.4. The van der Waals surface area contributed by atoms with Gasteiger partial charge in [-0.15, -0.1) is 10.2 Å². The fraction of sp³-hybridized carbons (Fsp3) is 0.387. The van der Waals surface area contributed by atoms with Crippen molar-refractivity contribution in [2.24, 2.45) is 7.05 Å². The highest BCUT2D eigenvalue weighted by atomic mass is 19.4. The molecule has 6 rings (SSSR count). The molecular weight excluding hydrogens is 592 g/mol. The molecule has 1 aliphatic rings.